The van der Waals surface area contributed by atoms with Crippen molar-refractivity contribution in [3.8, 4) is 0 Å². The van der Waals surface area contributed by atoms with Crippen LogP contribution in [0.2, 0.25) is 0 Å². The first-order valence-corrected chi connectivity index (χ1v) is 7.26. The van der Waals surface area contributed by atoms with E-state index in [1.807, 2.05) is 24.3 Å². The molecule has 0 amide bonds. The average molecular weight is 307 g/mol. The topological polar surface area (TPSA) is 60.9 Å². The molecule has 0 saturated carbocycles. The third-order valence-corrected chi connectivity index (χ3v) is 3.87. The molecule has 2 aromatic carbocycles. The molecule has 2 aromatic heterocycles. The lowest BCUT2D eigenvalue weighted by Crippen LogP contribution is -2.10. The van der Waals surface area contributed by atoms with Gasteiger partial charge in [-0.1, -0.05) is 12.1 Å². The van der Waals surface area contributed by atoms with Gasteiger partial charge in [-0.3, -0.25) is 4.98 Å². The molecule has 4 nitrogen and oxygen atoms in total. The van der Waals surface area contributed by atoms with Gasteiger partial charge in [0, 0.05) is 39.8 Å². The predicted molar refractivity (Wildman–Crippen MR) is 88.6 cm³/mol. The van der Waals surface area contributed by atoms with Crippen LogP contribution in [0.15, 0.2) is 60.9 Å². The predicted octanol–water partition coefficient (Wildman–Crippen LogP) is 3.96. The van der Waals surface area contributed by atoms with E-state index in [-0.39, 0.29) is 5.82 Å². The summed E-state index contributed by atoms with van der Waals surface area (Å²) in [5.41, 5.74) is 2.04. The Kier molecular flexibility index (Phi) is 3.20. The van der Waals surface area contributed by atoms with Crippen LogP contribution in [0.4, 0.5) is 10.1 Å². The van der Waals surface area contributed by atoms with Crippen molar-refractivity contribution in [3.63, 3.8) is 0 Å². The summed E-state index contributed by atoms with van der Waals surface area (Å²) in [4.78, 5) is 7.14. The highest BCUT2D eigenvalue weighted by molar-refractivity contribution is 5.93. The standard InChI is InChI=1S/C18H14FN3O/c19-13-5-4-11-8-17(21-16(11)9-13)18(23)22-15-3-1-2-12-10-20-7-6-14(12)15/h1-10,18,21-23H. The fourth-order valence-electron chi connectivity index (χ4n) is 2.74. The van der Waals surface area contributed by atoms with Crippen molar-refractivity contribution < 1.29 is 9.50 Å². The van der Waals surface area contributed by atoms with E-state index in [0.717, 1.165) is 21.8 Å². The van der Waals surface area contributed by atoms with Crippen molar-refractivity contribution >= 4 is 27.4 Å². The van der Waals surface area contributed by atoms with Crippen LogP contribution in [0, 0.1) is 5.82 Å². The van der Waals surface area contributed by atoms with Crippen molar-refractivity contribution in [1.29, 1.82) is 0 Å². The molecular formula is C18H14FN3O. The highest BCUT2D eigenvalue weighted by atomic mass is 19.1. The van der Waals surface area contributed by atoms with Crippen LogP contribution in [-0.2, 0) is 0 Å². The van der Waals surface area contributed by atoms with Crippen LogP contribution in [0.1, 0.15) is 11.9 Å². The van der Waals surface area contributed by atoms with Gasteiger partial charge in [0.25, 0.3) is 0 Å². The zero-order chi connectivity index (χ0) is 15.8. The van der Waals surface area contributed by atoms with Crippen molar-refractivity contribution in [3.05, 3.63) is 72.4 Å². The first kappa shape index (κ1) is 13.7. The molecule has 0 aliphatic carbocycles. The molecule has 0 saturated heterocycles. The number of hydrogen-bond acceptors (Lipinski definition) is 3. The first-order chi connectivity index (χ1) is 11.2. The summed E-state index contributed by atoms with van der Waals surface area (Å²) in [5, 5.41) is 16.3. The van der Waals surface area contributed by atoms with Crippen LogP contribution in [0.5, 0.6) is 0 Å². The minimum absolute atomic E-state index is 0.310. The van der Waals surface area contributed by atoms with Crippen molar-refractivity contribution in [1.82, 2.24) is 9.97 Å². The minimum Gasteiger partial charge on any atom is -0.368 e. The first-order valence-electron chi connectivity index (χ1n) is 7.26. The number of benzene rings is 2. The summed E-state index contributed by atoms with van der Waals surface area (Å²) in [6, 6.07) is 14.0. The molecule has 1 atom stereocenters. The van der Waals surface area contributed by atoms with Crippen LogP contribution >= 0.6 is 0 Å². The van der Waals surface area contributed by atoms with Gasteiger partial charge < -0.3 is 15.4 Å². The largest absolute Gasteiger partial charge is 0.368 e. The number of anilines is 1. The maximum absolute atomic E-state index is 13.3. The summed E-state index contributed by atoms with van der Waals surface area (Å²) in [6.07, 6.45) is 2.56. The monoisotopic (exact) mass is 307 g/mol. The molecule has 23 heavy (non-hydrogen) atoms. The average Bonchev–Trinajstić information content (AvgIpc) is 2.98. The second-order valence-corrected chi connectivity index (χ2v) is 5.41. The molecule has 1 unspecified atom stereocenters. The lowest BCUT2D eigenvalue weighted by Gasteiger charge is -2.14. The number of nitrogens with one attached hydrogen (secondary N) is 2. The number of hydrogen-bond donors (Lipinski definition) is 3. The molecule has 0 fully saturated rings. The number of halogens is 1. The zero-order valence-corrected chi connectivity index (χ0v) is 12.1. The molecule has 0 radical (unpaired) electrons. The smallest absolute Gasteiger partial charge is 0.165 e. The zero-order valence-electron chi connectivity index (χ0n) is 12.1. The van der Waals surface area contributed by atoms with Gasteiger partial charge in [-0.25, -0.2) is 4.39 Å². The number of rotatable bonds is 3. The lowest BCUT2D eigenvalue weighted by molar-refractivity contribution is 0.204. The summed E-state index contributed by atoms with van der Waals surface area (Å²) < 4.78 is 13.3. The van der Waals surface area contributed by atoms with E-state index in [2.05, 4.69) is 15.3 Å². The number of nitrogens with zero attached hydrogens (tertiary/aromatic N) is 1. The fourth-order valence-corrected chi connectivity index (χ4v) is 2.74. The number of pyridine rings is 1. The molecule has 5 heteroatoms. The van der Waals surface area contributed by atoms with Gasteiger partial charge in [0.05, 0.1) is 5.69 Å². The molecule has 4 rings (SSSR count). The quantitative estimate of drug-likeness (QED) is 0.502. The Labute approximate surface area is 131 Å². The molecule has 0 aliphatic rings. The van der Waals surface area contributed by atoms with Gasteiger partial charge in [0.2, 0.25) is 0 Å². The number of H-pyrrole nitrogens is 1. The van der Waals surface area contributed by atoms with E-state index in [4.69, 9.17) is 0 Å². The van der Waals surface area contributed by atoms with Gasteiger partial charge in [-0.15, -0.1) is 0 Å². The third-order valence-electron chi connectivity index (χ3n) is 3.87. The van der Waals surface area contributed by atoms with E-state index in [1.165, 1.54) is 12.1 Å². The maximum atomic E-state index is 13.3. The molecule has 0 spiro atoms. The van der Waals surface area contributed by atoms with Crippen LogP contribution in [-0.4, -0.2) is 15.1 Å². The Morgan fingerprint density at radius 1 is 1.09 bits per heavy atom. The third kappa shape index (κ3) is 2.51. The molecule has 0 bridgehead atoms. The Morgan fingerprint density at radius 3 is 2.91 bits per heavy atom. The van der Waals surface area contributed by atoms with Crippen molar-refractivity contribution in [2.45, 2.75) is 6.23 Å². The van der Waals surface area contributed by atoms with Crippen molar-refractivity contribution in [2.24, 2.45) is 0 Å². The Hall–Kier alpha value is -2.92. The molecule has 4 aromatic rings. The summed E-state index contributed by atoms with van der Waals surface area (Å²) in [7, 11) is 0. The van der Waals surface area contributed by atoms with Crippen LogP contribution < -0.4 is 5.32 Å². The second kappa shape index (κ2) is 5.37. The molecule has 2 heterocycles. The Bertz CT molecular complexity index is 991. The SMILES string of the molecule is OC(Nc1cccc2cnccc12)c1cc2ccc(F)cc2[nH]1. The molecule has 3 N–H and O–H groups in total. The van der Waals surface area contributed by atoms with E-state index in [1.54, 1.807) is 24.5 Å². The van der Waals surface area contributed by atoms with E-state index >= 15 is 0 Å². The number of aliphatic hydroxyl groups is 1. The Balaban J connectivity index is 1.69. The maximum Gasteiger partial charge on any atom is 0.165 e. The highest BCUT2D eigenvalue weighted by Gasteiger charge is 2.12. The fraction of sp³-hybridized carbons (Fsp3) is 0.0556. The highest BCUT2D eigenvalue weighted by Crippen LogP contribution is 2.27. The molecule has 0 aliphatic heterocycles. The van der Waals surface area contributed by atoms with Gasteiger partial charge in [0.15, 0.2) is 6.23 Å². The van der Waals surface area contributed by atoms with E-state index in [0.29, 0.717) is 11.2 Å². The summed E-state index contributed by atoms with van der Waals surface area (Å²) in [6.45, 7) is 0. The minimum atomic E-state index is -0.927. The normalized spacial score (nSPS) is 12.6. The van der Waals surface area contributed by atoms with E-state index in [9.17, 15) is 9.50 Å². The number of aromatic nitrogens is 2. The molecule has 114 valence electrons. The van der Waals surface area contributed by atoms with E-state index < -0.39 is 6.23 Å². The van der Waals surface area contributed by atoms with Gasteiger partial charge in [0.1, 0.15) is 5.82 Å². The van der Waals surface area contributed by atoms with Gasteiger partial charge >= 0.3 is 0 Å². The van der Waals surface area contributed by atoms with Gasteiger partial charge in [-0.05, 0) is 36.4 Å². The Morgan fingerprint density at radius 2 is 2.00 bits per heavy atom. The number of aromatic amines is 1. The van der Waals surface area contributed by atoms with Crippen LogP contribution in [0.3, 0.4) is 0 Å². The molecular weight excluding hydrogens is 293 g/mol. The van der Waals surface area contributed by atoms with Crippen molar-refractivity contribution in [2.75, 3.05) is 5.32 Å². The number of aliphatic hydroxyl groups excluding tert-OH is 1. The summed E-state index contributed by atoms with van der Waals surface area (Å²) in [5.74, 6) is -0.310. The van der Waals surface area contributed by atoms with Gasteiger partial charge in [-0.2, -0.15) is 0 Å². The second-order valence-electron chi connectivity index (χ2n) is 5.41. The number of fused-ring (bicyclic) bond motifs is 2. The lowest BCUT2D eigenvalue weighted by atomic mass is 10.1. The van der Waals surface area contributed by atoms with Crippen LogP contribution in [0.25, 0.3) is 21.7 Å². The summed E-state index contributed by atoms with van der Waals surface area (Å²) >= 11 is 0.